The van der Waals surface area contributed by atoms with Crippen molar-refractivity contribution in [1.82, 2.24) is 0 Å². The predicted octanol–water partition coefficient (Wildman–Crippen LogP) is 1.50. The van der Waals surface area contributed by atoms with Crippen molar-refractivity contribution in [3.05, 3.63) is 23.8 Å². The first-order valence-electron chi connectivity index (χ1n) is 8.24. The fraction of sp³-hybridized carbons (Fsp3) is 0.533. The van der Waals surface area contributed by atoms with Gasteiger partial charge in [-0.25, -0.2) is 0 Å². The van der Waals surface area contributed by atoms with Crippen LogP contribution < -0.4 is 10.4 Å². The average Bonchev–Trinajstić information content (AvgIpc) is 2.81. The molecule has 1 aromatic rings. The summed E-state index contributed by atoms with van der Waals surface area (Å²) in [6.07, 6.45) is 0.109. The van der Waals surface area contributed by atoms with Crippen LogP contribution in [0.3, 0.4) is 0 Å². The van der Waals surface area contributed by atoms with Crippen molar-refractivity contribution in [3.8, 4) is 0 Å². The van der Waals surface area contributed by atoms with Gasteiger partial charge in [0.2, 0.25) is 5.91 Å². The minimum atomic E-state index is -2.49. The summed E-state index contributed by atoms with van der Waals surface area (Å²) in [4.78, 5) is 12.9. The van der Waals surface area contributed by atoms with E-state index in [9.17, 15) is 4.79 Å². The topological polar surface area (TPSA) is 38.8 Å². The number of benzene rings is 1. The second-order valence-corrected chi connectivity index (χ2v) is 6.38. The molecular weight excluding hydrogens is 253 g/mol. The Balaban J connectivity index is 1.97. The molecule has 3 rings (SSSR count). The van der Waals surface area contributed by atoms with E-state index in [-0.39, 0.29) is 6.42 Å². The summed E-state index contributed by atoms with van der Waals surface area (Å²) in [5.74, 6) is -0.411. The van der Waals surface area contributed by atoms with Crippen molar-refractivity contribution in [3.63, 3.8) is 0 Å². The van der Waals surface area contributed by atoms with Gasteiger partial charge >= 0.3 is 7.12 Å². The van der Waals surface area contributed by atoms with Crippen LogP contribution in [0, 0.1) is 0 Å². The lowest BCUT2D eigenvalue weighted by atomic mass is 9.78. The van der Waals surface area contributed by atoms with Gasteiger partial charge in [0.05, 0.1) is 17.6 Å². The largest absolute Gasteiger partial charge is 0.494 e. The molecule has 0 unspecified atom stereocenters. The summed E-state index contributed by atoms with van der Waals surface area (Å²) in [7, 11) is -0.584. The zero-order chi connectivity index (χ0) is 17.2. The Hall–Kier alpha value is -1.33. The molecule has 20 heavy (non-hydrogen) atoms. The molecule has 1 saturated heterocycles. The highest BCUT2D eigenvalue weighted by Gasteiger charge is 2.51. The Morgan fingerprint density at radius 1 is 1.25 bits per heavy atom. The normalized spacial score (nSPS) is 26.2. The smallest absolute Gasteiger partial charge is 0.399 e. The predicted molar refractivity (Wildman–Crippen MR) is 79.3 cm³/mol. The Bertz CT molecular complexity index is 656. The number of hydrogen-bond donors (Lipinski definition) is 0. The molecular formula is C15H20BNO3. The Labute approximate surface area is 124 Å². The zero-order valence-electron chi connectivity index (χ0n) is 15.2. The molecule has 1 fully saturated rings. The van der Waals surface area contributed by atoms with Crippen LogP contribution in [0.2, 0.25) is 0 Å². The summed E-state index contributed by atoms with van der Waals surface area (Å²) >= 11 is 0. The molecule has 0 atom stereocenters. The van der Waals surface area contributed by atoms with Crippen LogP contribution in [-0.2, 0) is 20.5 Å². The maximum Gasteiger partial charge on any atom is 0.494 e. The molecule has 106 valence electrons. The van der Waals surface area contributed by atoms with Crippen LogP contribution in [0.4, 0.5) is 5.69 Å². The van der Waals surface area contributed by atoms with Gasteiger partial charge in [0.15, 0.2) is 0 Å². The lowest BCUT2D eigenvalue weighted by Crippen LogP contribution is -2.41. The van der Waals surface area contributed by atoms with E-state index < -0.39 is 31.2 Å². The zero-order valence-corrected chi connectivity index (χ0v) is 12.2. The molecule has 1 amide bonds. The number of fused-ring (bicyclic) bond motifs is 1. The van der Waals surface area contributed by atoms with Crippen LogP contribution in [0.15, 0.2) is 18.2 Å². The number of carbonyl (C=O) groups excluding carboxylic acids is 1. The number of hydrogen-bond acceptors (Lipinski definition) is 3. The van der Waals surface area contributed by atoms with Crippen molar-refractivity contribution >= 4 is 24.2 Å². The summed E-state index contributed by atoms with van der Waals surface area (Å²) in [6.45, 7) is 5.34. The highest BCUT2D eigenvalue weighted by Crippen LogP contribution is 2.37. The quantitative estimate of drug-likeness (QED) is 0.730. The molecule has 0 radical (unpaired) electrons. The highest BCUT2D eigenvalue weighted by molar-refractivity contribution is 6.62. The van der Waals surface area contributed by atoms with Gasteiger partial charge in [-0.15, -0.1) is 0 Å². The molecule has 2 heterocycles. The van der Waals surface area contributed by atoms with Crippen molar-refractivity contribution < 1.29 is 18.2 Å². The number of anilines is 1. The molecule has 0 aromatic heterocycles. The van der Waals surface area contributed by atoms with Gasteiger partial charge in [-0.2, -0.15) is 0 Å². The lowest BCUT2D eigenvalue weighted by molar-refractivity contribution is -0.117. The molecule has 0 spiro atoms. The first-order chi connectivity index (χ1) is 10.4. The first kappa shape index (κ1) is 10.4. The van der Waals surface area contributed by atoms with E-state index in [0.717, 1.165) is 4.90 Å². The van der Waals surface area contributed by atoms with Gasteiger partial charge in [0.25, 0.3) is 0 Å². The molecule has 2 aliphatic rings. The van der Waals surface area contributed by atoms with Crippen LogP contribution in [0.25, 0.3) is 0 Å². The molecule has 2 aliphatic heterocycles. The number of nitrogens with zero attached hydrogens (tertiary/aromatic N) is 1. The van der Waals surface area contributed by atoms with Crippen LogP contribution >= 0.6 is 0 Å². The summed E-state index contributed by atoms with van der Waals surface area (Å²) < 4.78 is 34.7. The number of rotatable bonds is 1. The van der Waals surface area contributed by atoms with E-state index in [1.807, 2.05) is 33.8 Å². The fourth-order valence-corrected chi connectivity index (χ4v) is 2.44. The van der Waals surface area contributed by atoms with Crippen LogP contribution in [0.1, 0.15) is 37.4 Å². The van der Waals surface area contributed by atoms with Crippen molar-refractivity contribution in [2.45, 2.75) is 45.3 Å². The average molecular weight is 276 g/mol. The molecule has 0 bridgehead atoms. The van der Waals surface area contributed by atoms with Gasteiger partial charge in [-0.1, -0.05) is 12.1 Å². The van der Waals surface area contributed by atoms with E-state index in [2.05, 4.69) is 0 Å². The maximum atomic E-state index is 12.0. The van der Waals surface area contributed by atoms with E-state index in [1.165, 1.54) is 0 Å². The van der Waals surface area contributed by atoms with Crippen molar-refractivity contribution in [1.29, 1.82) is 0 Å². The standard InChI is InChI=1S/C15H20BNO3/c1-14(2)15(3,4)20-16(19-14)11-7-6-10-8-13(18)17(5)12(10)9-11/h6-7,9H,8H2,1-5H3/i5D3. The minimum Gasteiger partial charge on any atom is -0.399 e. The summed E-state index contributed by atoms with van der Waals surface area (Å²) in [5.41, 5.74) is 0.895. The van der Waals surface area contributed by atoms with E-state index in [1.54, 1.807) is 12.1 Å². The molecule has 0 saturated carbocycles. The second kappa shape index (κ2) is 4.09. The Kier molecular flexibility index (Phi) is 2.13. The van der Waals surface area contributed by atoms with Gasteiger partial charge in [0, 0.05) is 16.8 Å². The minimum absolute atomic E-state index is 0.109. The van der Waals surface area contributed by atoms with E-state index >= 15 is 0 Å². The highest BCUT2D eigenvalue weighted by atomic mass is 16.7. The third kappa shape index (κ3) is 1.88. The Morgan fingerprint density at radius 3 is 2.50 bits per heavy atom. The molecule has 1 aromatic carbocycles. The third-order valence-corrected chi connectivity index (χ3v) is 4.47. The SMILES string of the molecule is [2H]C([2H])([2H])N1C(=O)Cc2ccc(B3OC(C)(C)C(C)(C)O3)cc21. The van der Waals surface area contributed by atoms with Crippen molar-refractivity contribution in [2.75, 3.05) is 11.9 Å². The molecule has 4 nitrogen and oxygen atoms in total. The van der Waals surface area contributed by atoms with Gasteiger partial charge in [-0.3, -0.25) is 4.79 Å². The monoisotopic (exact) mass is 276 g/mol. The van der Waals surface area contributed by atoms with Crippen molar-refractivity contribution in [2.24, 2.45) is 0 Å². The Morgan fingerprint density at radius 2 is 1.90 bits per heavy atom. The van der Waals surface area contributed by atoms with Crippen LogP contribution in [0.5, 0.6) is 0 Å². The maximum absolute atomic E-state index is 12.0. The molecule has 5 heteroatoms. The second-order valence-electron chi connectivity index (χ2n) is 6.38. The summed E-state index contributed by atoms with van der Waals surface area (Å²) in [6, 6.07) is 5.30. The first-order valence-corrected chi connectivity index (χ1v) is 6.74. The number of carbonyl (C=O) groups is 1. The summed E-state index contributed by atoms with van der Waals surface area (Å²) in [5, 5.41) is 0. The van der Waals surface area contributed by atoms with Gasteiger partial charge in [-0.05, 0) is 44.8 Å². The molecule has 0 aliphatic carbocycles. The van der Waals surface area contributed by atoms with E-state index in [4.69, 9.17) is 13.4 Å². The van der Waals surface area contributed by atoms with E-state index in [0.29, 0.717) is 16.7 Å². The number of amides is 1. The third-order valence-electron chi connectivity index (χ3n) is 4.47. The van der Waals surface area contributed by atoms with Crippen LogP contribution in [-0.4, -0.2) is 31.2 Å². The lowest BCUT2D eigenvalue weighted by Gasteiger charge is -2.32. The van der Waals surface area contributed by atoms with Gasteiger partial charge < -0.3 is 14.2 Å². The number of likely N-dealkylation sites (N-methyl/N-ethyl adjacent to an activating group) is 1. The molecule has 0 N–H and O–H groups in total. The fourth-order valence-electron chi connectivity index (χ4n) is 2.44. The van der Waals surface area contributed by atoms with Gasteiger partial charge in [0.1, 0.15) is 0 Å².